The summed E-state index contributed by atoms with van der Waals surface area (Å²) < 4.78 is 5.13. The third kappa shape index (κ3) is 5.71. The largest absolute Gasteiger partial charge is 0.497 e. The molecule has 0 saturated carbocycles. The lowest BCUT2D eigenvalue weighted by molar-refractivity contribution is 0.0941. The van der Waals surface area contributed by atoms with Crippen LogP contribution in [0, 0.1) is 0 Å². The highest BCUT2D eigenvalue weighted by atomic mass is 35.5. The monoisotopic (exact) mass is 357 g/mol. The number of hydrogen-bond donors (Lipinski definition) is 2. The maximum Gasteiger partial charge on any atom is 0.253 e. The van der Waals surface area contributed by atoms with Gasteiger partial charge < -0.3 is 15.8 Å². The van der Waals surface area contributed by atoms with Crippen molar-refractivity contribution in [2.75, 3.05) is 13.7 Å². The third-order valence-electron chi connectivity index (χ3n) is 3.15. The predicted octanol–water partition coefficient (Wildman–Crippen LogP) is 2.68. The molecule has 1 aromatic carbocycles. The minimum atomic E-state index is -0.171. The molecule has 0 fully saturated rings. The summed E-state index contributed by atoms with van der Waals surface area (Å²) in [6.07, 6.45) is 3.27. The van der Waals surface area contributed by atoms with E-state index in [1.807, 2.05) is 37.3 Å². The van der Waals surface area contributed by atoms with Gasteiger partial charge in [0.25, 0.3) is 5.91 Å². The molecule has 1 aromatic heterocycles. The van der Waals surface area contributed by atoms with Gasteiger partial charge in [-0.1, -0.05) is 12.1 Å². The summed E-state index contributed by atoms with van der Waals surface area (Å²) in [7, 11) is 1.63. The lowest BCUT2D eigenvalue weighted by Gasteiger charge is -2.11. The number of rotatable bonds is 5. The Labute approximate surface area is 148 Å². The first-order valence-corrected chi connectivity index (χ1v) is 6.74. The van der Waals surface area contributed by atoms with E-state index in [0.29, 0.717) is 12.1 Å². The smallest absolute Gasteiger partial charge is 0.253 e. The van der Waals surface area contributed by atoms with E-state index in [0.717, 1.165) is 16.9 Å². The lowest BCUT2D eigenvalue weighted by atomic mass is 10.1. The Hall–Kier alpha value is -1.82. The molecule has 126 valence electrons. The van der Waals surface area contributed by atoms with Crippen molar-refractivity contribution < 1.29 is 9.53 Å². The van der Waals surface area contributed by atoms with Crippen LogP contribution in [0.5, 0.6) is 5.75 Å². The molecule has 3 N–H and O–H groups in total. The van der Waals surface area contributed by atoms with E-state index in [1.54, 1.807) is 19.5 Å². The second-order valence-corrected chi connectivity index (χ2v) is 4.80. The third-order valence-corrected chi connectivity index (χ3v) is 3.15. The maximum absolute atomic E-state index is 12.1. The Bertz CT molecular complexity index is 621. The molecule has 0 bridgehead atoms. The van der Waals surface area contributed by atoms with Crippen LogP contribution in [0.3, 0.4) is 0 Å². The van der Waals surface area contributed by atoms with Gasteiger partial charge in [-0.2, -0.15) is 0 Å². The molecular formula is C16H21Cl2N3O2. The number of aromatic nitrogens is 1. The minimum absolute atomic E-state index is 0. The van der Waals surface area contributed by atoms with Gasteiger partial charge in [-0.25, -0.2) is 0 Å². The molecule has 0 spiro atoms. The number of halogens is 2. The molecule has 0 aliphatic heterocycles. The van der Waals surface area contributed by atoms with Crippen molar-refractivity contribution in [3.05, 3.63) is 48.3 Å². The van der Waals surface area contributed by atoms with Crippen molar-refractivity contribution >= 4 is 30.7 Å². The zero-order valence-electron chi connectivity index (χ0n) is 13.0. The first-order chi connectivity index (χ1) is 10.1. The van der Waals surface area contributed by atoms with Crippen LogP contribution in [0.15, 0.2) is 42.7 Å². The van der Waals surface area contributed by atoms with Crippen molar-refractivity contribution in [1.82, 2.24) is 10.3 Å². The Morgan fingerprint density at radius 2 is 1.87 bits per heavy atom. The van der Waals surface area contributed by atoms with Gasteiger partial charge in [0.05, 0.1) is 12.7 Å². The normalized spacial score (nSPS) is 10.7. The summed E-state index contributed by atoms with van der Waals surface area (Å²) >= 11 is 0. The zero-order chi connectivity index (χ0) is 15.2. The fraction of sp³-hybridized carbons (Fsp3) is 0.250. The number of nitrogens with zero attached hydrogens (tertiary/aromatic N) is 1. The topological polar surface area (TPSA) is 77.2 Å². The average molecular weight is 358 g/mol. The van der Waals surface area contributed by atoms with Crippen LogP contribution in [0.1, 0.15) is 17.3 Å². The average Bonchev–Trinajstić information content (AvgIpc) is 2.55. The number of pyridine rings is 1. The van der Waals surface area contributed by atoms with E-state index in [1.165, 1.54) is 0 Å². The maximum atomic E-state index is 12.1. The number of hydrogen-bond acceptors (Lipinski definition) is 4. The lowest BCUT2D eigenvalue weighted by Crippen LogP contribution is -2.37. The summed E-state index contributed by atoms with van der Waals surface area (Å²) in [5.74, 6) is 0.619. The quantitative estimate of drug-likeness (QED) is 0.862. The first kappa shape index (κ1) is 21.2. The Morgan fingerprint density at radius 1 is 1.22 bits per heavy atom. The molecule has 1 atom stereocenters. The zero-order valence-corrected chi connectivity index (χ0v) is 14.6. The van der Waals surface area contributed by atoms with Gasteiger partial charge in [0.2, 0.25) is 0 Å². The fourth-order valence-electron chi connectivity index (χ4n) is 1.87. The highest BCUT2D eigenvalue weighted by Gasteiger charge is 2.10. The molecule has 2 aromatic rings. The molecule has 0 aliphatic carbocycles. The van der Waals surface area contributed by atoms with Crippen LogP contribution >= 0.6 is 24.8 Å². The number of methoxy groups -OCH3 is 1. The molecule has 0 unspecified atom stereocenters. The number of nitrogens with two attached hydrogens (primary N) is 1. The number of nitrogens with one attached hydrogen (secondary N) is 1. The summed E-state index contributed by atoms with van der Waals surface area (Å²) in [6, 6.07) is 9.35. The van der Waals surface area contributed by atoms with Gasteiger partial charge in [0.15, 0.2) is 0 Å². The van der Waals surface area contributed by atoms with Crippen LogP contribution in [0.25, 0.3) is 11.1 Å². The Balaban J connectivity index is 0.00000242. The van der Waals surface area contributed by atoms with Gasteiger partial charge in [-0.15, -0.1) is 24.8 Å². The van der Waals surface area contributed by atoms with Gasteiger partial charge in [-0.3, -0.25) is 9.78 Å². The van der Waals surface area contributed by atoms with Crippen LogP contribution < -0.4 is 15.8 Å². The molecule has 0 radical (unpaired) electrons. The highest BCUT2D eigenvalue weighted by molar-refractivity contribution is 5.95. The Morgan fingerprint density at radius 3 is 2.43 bits per heavy atom. The number of carbonyl (C=O) groups is 1. The molecule has 0 saturated heterocycles. The molecule has 2 rings (SSSR count). The van der Waals surface area contributed by atoms with E-state index >= 15 is 0 Å². The Kier molecular flexibility index (Phi) is 9.25. The van der Waals surface area contributed by atoms with E-state index < -0.39 is 0 Å². The first-order valence-electron chi connectivity index (χ1n) is 6.74. The second kappa shape index (κ2) is 10.0. The highest BCUT2D eigenvalue weighted by Crippen LogP contribution is 2.22. The van der Waals surface area contributed by atoms with E-state index in [9.17, 15) is 4.79 Å². The summed E-state index contributed by atoms with van der Waals surface area (Å²) in [5, 5.41) is 2.82. The SMILES string of the molecule is COc1ccc(-c2cncc(C(=O)N[C@@H](C)CN)c2)cc1.Cl.Cl. The van der Waals surface area contributed by atoms with E-state index in [-0.39, 0.29) is 36.8 Å². The molecule has 7 heteroatoms. The van der Waals surface area contributed by atoms with Gasteiger partial charge in [0, 0.05) is 30.5 Å². The van der Waals surface area contributed by atoms with Crippen LogP contribution in [0.4, 0.5) is 0 Å². The standard InChI is InChI=1S/C16H19N3O2.2ClH/c1-11(8-17)19-16(20)14-7-13(9-18-10-14)12-3-5-15(21-2)6-4-12;;/h3-7,9-11H,8,17H2,1-2H3,(H,19,20);2*1H/t11-;;/m0../s1. The molecule has 23 heavy (non-hydrogen) atoms. The predicted molar refractivity (Wildman–Crippen MR) is 96.7 cm³/mol. The molecule has 1 heterocycles. The molecule has 5 nitrogen and oxygen atoms in total. The van der Waals surface area contributed by atoms with Crippen LogP contribution in [-0.2, 0) is 0 Å². The molecule has 0 aliphatic rings. The number of ether oxygens (including phenoxy) is 1. The van der Waals surface area contributed by atoms with Crippen molar-refractivity contribution in [3.63, 3.8) is 0 Å². The van der Waals surface area contributed by atoms with Crippen molar-refractivity contribution in [2.24, 2.45) is 5.73 Å². The van der Waals surface area contributed by atoms with Crippen molar-refractivity contribution in [2.45, 2.75) is 13.0 Å². The van der Waals surface area contributed by atoms with Crippen molar-refractivity contribution in [3.8, 4) is 16.9 Å². The summed E-state index contributed by atoms with van der Waals surface area (Å²) in [5.41, 5.74) is 7.88. The van der Waals surface area contributed by atoms with Crippen molar-refractivity contribution in [1.29, 1.82) is 0 Å². The number of amides is 1. The molecule has 1 amide bonds. The molecular weight excluding hydrogens is 337 g/mol. The van der Waals surface area contributed by atoms with Gasteiger partial charge in [-0.05, 0) is 30.7 Å². The number of benzene rings is 1. The van der Waals surface area contributed by atoms with Crippen LogP contribution in [0.2, 0.25) is 0 Å². The number of carbonyl (C=O) groups excluding carboxylic acids is 1. The van der Waals surface area contributed by atoms with Crippen LogP contribution in [-0.4, -0.2) is 30.6 Å². The summed E-state index contributed by atoms with van der Waals surface area (Å²) in [6.45, 7) is 2.26. The minimum Gasteiger partial charge on any atom is -0.497 e. The summed E-state index contributed by atoms with van der Waals surface area (Å²) in [4.78, 5) is 16.2. The van der Waals surface area contributed by atoms with Gasteiger partial charge >= 0.3 is 0 Å². The van der Waals surface area contributed by atoms with E-state index in [4.69, 9.17) is 10.5 Å². The van der Waals surface area contributed by atoms with Gasteiger partial charge in [0.1, 0.15) is 5.75 Å². The fourth-order valence-corrected chi connectivity index (χ4v) is 1.87. The van der Waals surface area contributed by atoms with E-state index in [2.05, 4.69) is 10.3 Å². The second-order valence-electron chi connectivity index (χ2n) is 4.80.